The van der Waals surface area contributed by atoms with Gasteiger partial charge in [0.1, 0.15) is 0 Å². The van der Waals surface area contributed by atoms with E-state index in [1.807, 2.05) is 0 Å². The molecule has 45 heavy (non-hydrogen) atoms. The minimum atomic E-state index is -3.67. The third kappa shape index (κ3) is 8.05. The van der Waals surface area contributed by atoms with Crippen LogP contribution in [0.1, 0.15) is 38.5 Å². The molecule has 0 spiro atoms. The molecule has 0 saturated carbocycles. The topological polar surface area (TPSA) is 131 Å². The largest absolute Gasteiger partial charge is 0.339 e. The van der Waals surface area contributed by atoms with E-state index in [1.54, 1.807) is 82.0 Å². The van der Waals surface area contributed by atoms with Crippen LogP contribution in [0.3, 0.4) is 0 Å². The van der Waals surface area contributed by atoms with Crippen LogP contribution in [0.25, 0.3) is 11.4 Å². The van der Waals surface area contributed by atoms with E-state index < -0.39 is 19.1 Å². The van der Waals surface area contributed by atoms with Crippen molar-refractivity contribution in [3.63, 3.8) is 0 Å². The molecule has 1 aliphatic heterocycles. The van der Waals surface area contributed by atoms with Crippen molar-refractivity contribution in [2.45, 2.75) is 44.4 Å². The summed E-state index contributed by atoms with van der Waals surface area (Å²) in [6.07, 6.45) is 0. The van der Waals surface area contributed by atoms with Gasteiger partial charge in [0.05, 0.1) is 9.79 Å². The van der Waals surface area contributed by atoms with Gasteiger partial charge in [-0.1, -0.05) is 40.5 Å². The monoisotopic (exact) mass is 712 g/mol. The fourth-order valence-electron chi connectivity index (χ4n) is 4.68. The lowest BCUT2D eigenvalue weighted by Crippen LogP contribution is -2.50. The third-order valence-corrected chi connectivity index (χ3v) is 11.6. The molecule has 15 heteroatoms. The molecule has 4 aromatic rings. The first-order chi connectivity index (χ1) is 21.0. The molecular formula is C30H31Cl3N4O6S2. The summed E-state index contributed by atoms with van der Waals surface area (Å²) in [4.78, 5) is 19.1. The number of halogens is 3. The molecule has 0 aliphatic carbocycles. The number of carbonyl (C=O) groups excluding carboxylic acids is 1. The SMILES string of the molecule is Cc1cc(S(=O)(=O)Cl)c(C)cc1Cl.Cc1nc(-c2ccc(C(=O)N3CCN(S(=O)(=O)c4cc(C)c(Cl)cc4C)CC3)cc2)no1. The molecule has 10 nitrogen and oxygen atoms in total. The van der Waals surface area contributed by atoms with E-state index in [0.717, 1.165) is 5.56 Å². The smallest absolute Gasteiger partial charge is 0.261 e. The molecule has 3 aromatic carbocycles. The lowest BCUT2D eigenvalue weighted by Gasteiger charge is -2.34. The Morgan fingerprint density at radius 1 is 0.756 bits per heavy atom. The molecule has 5 rings (SSSR count). The van der Waals surface area contributed by atoms with E-state index in [1.165, 1.54) is 10.4 Å². The van der Waals surface area contributed by atoms with Crippen LogP contribution in [0.4, 0.5) is 0 Å². The second-order valence-electron chi connectivity index (χ2n) is 10.6. The molecule has 2 heterocycles. The molecule has 1 aliphatic rings. The van der Waals surface area contributed by atoms with E-state index in [0.29, 0.717) is 62.7 Å². The summed E-state index contributed by atoms with van der Waals surface area (Å²) in [5.74, 6) is 0.793. The maximum Gasteiger partial charge on any atom is 0.261 e. The van der Waals surface area contributed by atoms with Gasteiger partial charge >= 0.3 is 0 Å². The molecule has 0 bridgehead atoms. The summed E-state index contributed by atoms with van der Waals surface area (Å²) >= 11 is 11.9. The molecule has 0 N–H and O–H groups in total. The van der Waals surface area contributed by atoms with Crippen molar-refractivity contribution in [3.8, 4) is 11.4 Å². The second-order valence-corrected chi connectivity index (χ2v) is 15.8. The number of rotatable bonds is 5. The number of hydrogen-bond donors (Lipinski definition) is 0. The summed E-state index contributed by atoms with van der Waals surface area (Å²) in [6, 6.07) is 13.3. The first-order valence-corrected chi connectivity index (χ1v) is 18.2. The molecule has 240 valence electrons. The zero-order valence-electron chi connectivity index (χ0n) is 25.1. The van der Waals surface area contributed by atoms with Crippen LogP contribution in [-0.4, -0.2) is 68.3 Å². The van der Waals surface area contributed by atoms with Crippen LogP contribution in [0.2, 0.25) is 10.0 Å². The summed E-state index contributed by atoms with van der Waals surface area (Å²) in [5, 5.41) is 4.95. The molecule has 1 amide bonds. The minimum absolute atomic E-state index is 0.121. The van der Waals surface area contributed by atoms with Crippen molar-refractivity contribution in [2.24, 2.45) is 0 Å². The lowest BCUT2D eigenvalue weighted by molar-refractivity contribution is 0.0698. The summed E-state index contributed by atoms with van der Waals surface area (Å²) in [6.45, 7) is 9.70. The van der Waals surface area contributed by atoms with Gasteiger partial charge < -0.3 is 9.42 Å². The number of aromatic nitrogens is 2. The summed E-state index contributed by atoms with van der Waals surface area (Å²) in [5.41, 5.74) is 3.86. The van der Waals surface area contributed by atoms with Gasteiger partial charge in [-0.3, -0.25) is 4.79 Å². The highest BCUT2D eigenvalue weighted by atomic mass is 35.7. The highest BCUT2D eigenvalue weighted by Gasteiger charge is 2.31. The summed E-state index contributed by atoms with van der Waals surface area (Å²) < 4.78 is 54.8. The van der Waals surface area contributed by atoms with Gasteiger partial charge in [-0.2, -0.15) is 9.29 Å². The third-order valence-electron chi connectivity index (χ3n) is 7.24. The van der Waals surface area contributed by atoms with E-state index in [-0.39, 0.29) is 28.8 Å². The van der Waals surface area contributed by atoms with Gasteiger partial charge in [-0.25, -0.2) is 16.8 Å². The van der Waals surface area contributed by atoms with Gasteiger partial charge in [0.25, 0.3) is 15.0 Å². The number of benzene rings is 3. The molecule has 0 atom stereocenters. The predicted octanol–water partition coefficient (Wildman–Crippen LogP) is 6.35. The Bertz CT molecular complexity index is 1960. The van der Waals surface area contributed by atoms with Gasteiger partial charge in [0.2, 0.25) is 21.7 Å². The van der Waals surface area contributed by atoms with Gasteiger partial charge in [0, 0.05) is 65.0 Å². The summed E-state index contributed by atoms with van der Waals surface area (Å²) in [7, 11) is -2.11. The molecule has 0 unspecified atom stereocenters. The Morgan fingerprint density at radius 2 is 1.27 bits per heavy atom. The highest BCUT2D eigenvalue weighted by Crippen LogP contribution is 2.28. The number of piperazine rings is 1. The van der Waals surface area contributed by atoms with E-state index >= 15 is 0 Å². The molecule has 1 fully saturated rings. The van der Waals surface area contributed by atoms with Crippen LogP contribution in [0.15, 0.2) is 62.8 Å². The number of sulfonamides is 1. The zero-order chi connectivity index (χ0) is 33.3. The van der Waals surface area contributed by atoms with Crippen molar-refractivity contribution in [1.29, 1.82) is 0 Å². The molecule has 1 aromatic heterocycles. The zero-order valence-corrected chi connectivity index (χ0v) is 29.0. The van der Waals surface area contributed by atoms with Crippen LogP contribution in [0.5, 0.6) is 0 Å². The maximum atomic E-state index is 13.2. The first-order valence-electron chi connectivity index (χ1n) is 13.7. The normalized spacial score (nSPS) is 14.2. The van der Waals surface area contributed by atoms with Crippen LogP contribution in [-0.2, 0) is 19.1 Å². The fourth-order valence-corrected chi connectivity index (χ4v) is 8.09. The fraction of sp³-hybridized carbons (Fsp3) is 0.300. The Labute approximate surface area is 277 Å². The number of hydrogen-bond acceptors (Lipinski definition) is 8. The average molecular weight is 714 g/mol. The lowest BCUT2D eigenvalue weighted by atomic mass is 10.1. The second kappa shape index (κ2) is 13.8. The molecule has 0 radical (unpaired) electrons. The Hall–Kier alpha value is -3.00. The van der Waals surface area contributed by atoms with Crippen molar-refractivity contribution in [1.82, 2.24) is 19.3 Å². The van der Waals surface area contributed by atoms with Crippen LogP contribution in [0, 0.1) is 34.6 Å². The van der Waals surface area contributed by atoms with Gasteiger partial charge in [-0.15, -0.1) is 0 Å². The van der Waals surface area contributed by atoms with Crippen molar-refractivity contribution < 1.29 is 26.2 Å². The Kier molecular flexibility index (Phi) is 10.7. The Balaban J connectivity index is 0.000000297. The van der Waals surface area contributed by atoms with Crippen molar-refractivity contribution in [3.05, 3.63) is 92.3 Å². The number of amides is 1. The van der Waals surface area contributed by atoms with Gasteiger partial charge in [0.15, 0.2) is 0 Å². The standard InChI is InChI=1S/C22H23ClN4O4S.C8H8Cl2O2S/c1-14-13-20(15(2)12-19(14)23)32(29,30)27-10-8-26(9-11-27)22(28)18-6-4-17(5-7-18)21-24-16(3)31-25-21;1-5-4-8(13(10,11)12)6(2)3-7(5)9/h4-7,12-13H,8-11H2,1-3H3;3-4H,1-2H3. The van der Waals surface area contributed by atoms with E-state index in [4.69, 9.17) is 38.4 Å². The molecular weight excluding hydrogens is 683 g/mol. The Morgan fingerprint density at radius 3 is 1.76 bits per heavy atom. The van der Waals surface area contributed by atoms with Crippen molar-refractivity contribution >= 4 is 58.9 Å². The quantitative estimate of drug-likeness (QED) is 0.219. The maximum absolute atomic E-state index is 13.2. The van der Waals surface area contributed by atoms with Crippen LogP contribution >= 0.6 is 33.9 Å². The van der Waals surface area contributed by atoms with Crippen LogP contribution < -0.4 is 0 Å². The van der Waals surface area contributed by atoms with Gasteiger partial charge in [-0.05, 0) is 86.3 Å². The average Bonchev–Trinajstić information content (AvgIpc) is 3.42. The van der Waals surface area contributed by atoms with E-state index in [2.05, 4.69) is 10.1 Å². The first kappa shape index (κ1) is 34.9. The van der Waals surface area contributed by atoms with E-state index in [9.17, 15) is 21.6 Å². The predicted molar refractivity (Wildman–Crippen MR) is 174 cm³/mol. The number of aryl methyl sites for hydroxylation is 5. The number of carbonyl (C=O) groups is 1. The number of nitrogens with zero attached hydrogens (tertiary/aromatic N) is 4. The minimum Gasteiger partial charge on any atom is -0.339 e. The van der Waals surface area contributed by atoms with Crippen molar-refractivity contribution in [2.75, 3.05) is 26.2 Å². The highest BCUT2D eigenvalue weighted by molar-refractivity contribution is 8.13. The molecule has 1 saturated heterocycles.